The van der Waals surface area contributed by atoms with Crippen molar-refractivity contribution in [1.29, 1.82) is 0 Å². The monoisotopic (exact) mass is 498 g/mol. The van der Waals surface area contributed by atoms with E-state index in [4.69, 9.17) is 4.52 Å². The molecule has 0 atom stereocenters. The Morgan fingerprint density at radius 3 is 2.44 bits per heavy atom. The lowest BCUT2D eigenvalue weighted by Crippen LogP contribution is -2.31. The van der Waals surface area contributed by atoms with Crippen molar-refractivity contribution in [2.24, 2.45) is 0 Å². The number of nitrogens with zero attached hydrogens (tertiary/aromatic N) is 2. The highest BCUT2D eigenvalue weighted by Gasteiger charge is 2.20. The van der Waals surface area contributed by atoms with Crippen molar-refractivity contribution in [3.63, 3.8) is 0 Å². The predicted molar refractivity (Wildman–Crippen MR) is 133 cm³/mol. The summed E-state index contributed by atoms with van der Waals surface area (Å²) in [5.41, 5.74) is 3.57. The lowest BCUT2D eigenvalue weighted by molar-refractivity contribution is 0.0952. The fourth-order valence-electron chi connectivity index (χ4n) is 3.62. The maximum absolute atomic E-state index is 13.1. The SMILES string of the molecule is Cc1ccc(-c2cc(C(=O)NCc3ccc(CS(=O)(=O)NC(C)C)cc3)c3c(C)noc3n2)s1. The van der Waals surface area contributed by atoms with Crippen LogP contribution >= 0.6 is 11.3 Å². The molecule has 0 saturated heterocycles. The van der Waals surface area contributed by atoms with Gasteiger partial charge in [-0.1, -0.05) is 29.4 Å². The molecule has 8 nitrogen and oxygen atoms in total. The summed E-state index contributed by atoms with van der Waals surface area (Å²) in [6, 6.07) is 12.7. The maximum atomic E-state index is 13.1. The molecular formula is C24H26N4O4S2. The van der Waals surface area contributed by atoms with E-state index in [1.165, 1.54) is 0 Å². The van der Waals surface area contributed by atoms with Crippen LogP contribution in [0.4, 0.5) is 0 Å². The number of aromatic nitrogens is 2. The molecule has 0 aliphatic rings. The molecule has 3 aromatic heterocycles. The first-order valence-corrected chi connectivity index (χ1v) is 13.3. The number of pyridine rings is 1. The molecule has 34 heavy (non-hydrogen) atoms. The zero-order valence-electron chi connectivity index (χ0n) is 19.4. The Kier molecular flexibility index (Phi) is 6.83. The van der Waals surface area contributed by atoms with Crippen molar-refractivity contribution in [2.75, 3.05) is 0 Å². The first-order chi connectivity index (χ1) is 16.1. The van der Waals surface area contributed by atoms with Gasteiger partial charge in [0, 0.05) is 17.5 Å². The second kappa shape index (κ2) is 9.65. The minimum Gasteiger partial charge on any atom is -0.348 e. The Morgan fingerprint density at radius 1 is 1.09 bits per heavy atom. The third-order valence-corrected chi connectivity index (χ3v) is 7.67. The van der Waals surface area contributed by atoms with Crippen LogP contribution in [0.2, 0.25) is 0 Å². The van der Waals surface area contributed by atoms with Gasteiger partial charge in [0.1, 0.15) is 0 Å². The van der Waals surface area contributed by atoms with Crippen molar-refractivity contribution in [3.8, 4) is 10.6 Å². The van der Waals surface area contributed by atoms with Gasteiger partial charge in [0.25, 0.3) is 11.6 Å². The average molecular weight is 499 g/mol. The van der Waals surface area contributed by atoms with Crippen LogP contribution in [0.5, 0.6) is 0 Å². The summed E-state index contributed by atoms with van der Waals surface area (Å²) in [7, 11) is -3.39. The third-order valence-electron chi connectivity index (χ3n) is 5.10. The number of rotatable bonds is 8. The van der Waals surface area contributed by atoms with Gasteiger partial charge in [-0.3, -0.25) is 4.79 Å². The Bertz CT molecular complexity index is 1440. The smallest absolute Gasteiger partial charge is 0.259 e. The van der Waals surface area contributed by atoms with E-state index < -0.39 is 10.0 Å². The fourth-order valence-corrected chi connectivity index (χ4v) is 5.88. The lowest BCUT2D eigenvalue weighted by Gasteiger charge is -2.10. The Balaban J connectivity index is 1.51. The molecule has 178 valence electrons. The van der Waals surface area contributed by atoms with Crippen LogP contribution in [0.3, 0.4) is 0 Å². The summed E-state index contributed by atoms with van der Waals surface area (Å²) in [6.45, 7) is 7.65. The van der Waals surface area contributed by atoms with Crippen molar-refractivity contribution in [2.45, 2.75) is 46.0 Å². The largest absolute Gasteiger partial charge is 0.348 e. The van der Waals surface area contributed by atoms with E-state index in [0.29, 0.717) is 33.6 Å². The molecule has 3 heterocycles. The molecule has 0 fully saturated rings. The third kappa shape index (κ3) is 5.52. The quantitative estimate of drug-likeness (QED) is 0.374. The van der Waals surface area contributed by atoms with E-state index in [2.05, 4.69) is 20.2 Å². The van der Waals surface area contributed by atoms with Gasteiger partial charge in [-0.2, -0.15) is 0 Å². The van der Waals surface area contributed by atoms with Crippen LogP contribution in [-0.2, 0) is 22.3 Å². The number of amides is 1. The van der Waals surface area contributed by atoms with Crippen LogP contribution in [0.25, 0.3) is 21.7 Å². The number of carbonyl (C=O) groups is 1. The first kappa shape index (κ1) is 24.1. The molecule has 1 aromatic carbocycles. The van der Waals surface area contributed by atoms with Gasteiger partial charge < -0.3 is 9.84 Å². The molecule has 0 aliphatic carbocycles. The normalized spacial score (nSPS) is 11.9. The van der Waals surface area contributed by atoms with Gasteiger partial charge in [0.05, 0.1) is 33.0 Å². The number of fused-ring (bicyclic) bond motifs is 1. The van der Waals surface area contributed by atoms with Crippen LogP contribution < -0.4 is 10.0 Å². The molecule has 0 spiro atoms. The van der Waals surface area contributed by atoms with E-state index in [9.17, 15) is 13.2 Å². The predicted octanol–water partition coefficient (Wildman–Crippen LogP) is 4.33. The molecule has 4 rings (SSSR count). The average Bonchev–Trinajstić information content (AvgIpc) is 3.37. The summed E-state index contributed by atoms with van der Waals surface area (Å²) in [5.74, 6) is -0.356. The molecule has 10 heteroatoms. The maximum Gasteiger partial charge on any atom is 0.259 e. The summed E-state index contributed by atoms with van der Waals surface area (Å²) in [6.07, 6.45) is 0. The molecule has 2 N–H and O–H groups in total. The van der Waals surface area contributed by atoms with Crippen molar-refractivity contribution < 1.29 is 17.7 Å². The number of hydrogen-bond acceptors (Lipinski definition) is 7. The molecule has 4 aromatic rings. The van der Waals surface area contributed by atoms with Gasteiger partial charge in [-0.05, 0) is 57.0 Å². The highest BCUT2D eigenvalue weighted by Crippen LogP contribution is 2.31. The van der Waals surface area contributed by atoms with Gasteiger partial charge in [-0.15, -0.1) is 11.3 Å². The van der Waals surface area contributed by atoms with Gasteiger partial charge in [0.15, 0.2) is 0 Å². The van der Waals surface area contributed by atoms with Crippen molar-refractivity contribution >= 4 is 38.4 Å². The molecular weight excluding hydrogens is 472 g/mol. The second-order valence-electron chi connectivity index (χ2n) is 8.44. The second-order valence-corrected chi connectivity index (χ2v) is 11.5. The van der Waals surface area contributed by atoms with Gasteiger partial charge in [0.2, 0.25) is 10.0 Å². The van der Waals surface area contributed by atoms with E-state index in [1.807, 2.05) is 31.2 Å². The number of thiophene rings is 1. The number of aryl methyl sites for hydroxylation is 2. The fraction of sp³-hybridized carbons (Fsp3) is 0.292. The Morgan fingerprint density at radius 2 is 1.79 bits per heavy atom. The standard InChI is InChI=1S/C24H26N4O4S2/c1-14(2)28-34(30,31)13-18-8-6-17(7-9-18)12-25-23(29)19-11-20(21-10-5-15(3)33-21)26-24-22(19)16(4)27-32-24/h5-11,14,28H,12-13H2,1-4H3,(H,25,29). The summed E-state index contributed by atoms with van der Waals surface area (Å²) >= 11 is 1.59. The lowest BCUT2D eigenvalue weighted by atomic mass is 10.1. The van der Waals surface area contributed by atoms with Crippen LogP contribution in [0, 0.1) is 13.8 Å². The summed E-state index contributed by atoms with van der Waals surface area (Å²) in [4.78, 5) is 19.8. The van der Waals surface area contributed by atoms with Crippen LogP contribution in [0.1, 0.15) is 45.9 Å². The van der Waals surface area contributed by atoms with Crippen LogP contribution in [-0.4, -0.2) is 30.5 Å². The molecule has 1 amide bonds. The minimum atomic E-state index is -3.39. The van der Waals surface area contributed by atoms with E-state index in [-0.39, 0.29) is 24.2 Å². The van der Waals surface area contributed by atoms with Crippen molar-refractivity contribution in [1.82, 2.24) is 20.2 Å². The number of nitrogens with one attached hydrogen (secondary N) is 2. The van der Waals surface area contributed by atoms with Crippen molar-refractivity contribution in [3.05, 3.63) is 69.7 Å². The zero-order valence-corrected chi connectivity index (χ0v) is 21.0. The first-order valence-electron chi connectivity index (χ1n) is 10.8. The van der Waals surface area contributed by atoms with Gasteiger partial charge in [-0.25, -0.2) is 18.1 Å². The van der Waals surface area contributed by atoms with Crippen LogP contribution in [0.15, 0.2) is 47.0 Å². The zero-order chi connectivity index (χ0) is 24.5. The van der Waals surface area contributed by atoms with E-state index in [1.54, 1.807) is 50.3 Å². The molecule has 0 bridgehead atoms. The minimum absolute atomic E-state index is 0.0927. The Labute approximate surface area is 202 Å². The highest BCUT2D eigenvalue weighted by molar-refractivity contribution is 7.88. The molecule has 0 saturated carbocycles. The number of hydrogen-bond donors (Lipinski definition) is 2. The summed E-state index contributed by atoms with van der Waals surface area (Å²) < 4.78 is 32.2. The van der Waals surface area contributed by atoms with E-state index >= 15 is 0 Å². The molecule has 0 unspecified atom stereocenters. The topological polar surface area (TPSA) is 114 Å². The van der Waals surface area contributed by atoms with Gasteiger partial charge >= 0.3 is 0 Å². The number of carbonyl (C=O) groups excluding carboxylic acids is 1. The molecule has 0 aliphatic heterocycles. The number of benzene rings is 1. The Hall–Kier alpha value is -3.08. The van der Waals surface area contributed by atoms with E-state index in [0.717, 1.165) is 15.3 Å². The number of sulfonamides is 1. The molecule has 0 radical (unpaired) electrons. The highest BCUT2D eigenvalue weighted by atomic mass is 32.2. The summed E-state index contributed by atoms with van der Waals surface area (Å²) in [5, 5.41) is 7.51.